The molecule has 1 unspecified atom stereocenters. The molecule has 0 aromatic heterocycles. The minimum atomic E-state index is -0.481. The van der Waals surface area contributed by atoms with Gasteiger partial charge in [0.25, 0.3) is 5.91 Å². The summed E-state index contributed by atoms with van der Waals surface area (Å²) in [5.74, 6) is 0.0296. The van der Waals surface area contributed by atoms with Crippen LogP contribution in [0.15, 0.2) is 24.3 Å². The van der Waals surface area contributed by atoms with Crippen molar-refractivity contribution >= 4 is 23.4 Å². The molecule has 126 valence electrons. The molecule has 0 radical (unpaired) electrons. The normalized spacial score (nSPS) is 17.1. The van der Waals surface area contributed by atoms with E-state index in [0.29, 0.717) is 36.8 Å². The minimum absolute atomic E-state index is 0.0305. The molecule has 6 heteroatoms. The molecule has 1 saturated heterocycles. The van der Waals surface area contributed by atoms with Gasteiger partial charge in [-0.05, 0) is 30.5 Å². The van der Waals surface area contributed by atoms with Crippen LogP contribution < -0.4 is 5.73 Å². The van der Waals surface area contributed by atoms with E-state index in [1.54, 1.807) is 34.1 Å². The van der Waals surface area contributed by atoms with Gasteiger partial charge in [0.05, 0.1) is 6.04 Å². The van der Waals surface area contributed by atoms with Crippen molar-refractivity contribution in [1.29, 1.82) is 0 Å². The number of halogens is 1. The van der Waals surface area contributed by atoms with E-state index < -0.39 is 6.04 Å². The molecular formula is C17H24ClN3O2. The van der Waals surface area contributed by atoms with Crippen LogP contribution in [0.3, 0.4) is 0 Å². The van der Waals surface area contributed by atoms with Gasteiger partial charge in [0.15, 0.2) is 0 Å². The Kier molecular flexibility index (Phi) is 6.02. The van der Waals surface area contributed by atoms with Gasteiger partial charge in [-0.25, -0.2) is 0 Å². The zero-order chi connectivity index (χ0) is 17.0. The lowest BCUT2D eigenvalue weighted by Crippen LogP contribution is -2.47. The number of carbonyl (C=O) groups excluding carboxylic acids is 2. The lowest BCUT2D eigenvalue weighted by atomic mass is 10.0. The molecule has 1 atom stereocenters. The van der Waals surface area contributed by atoms with Crippen molar-refractivity contribution in [2.24, 2.45) is 11.7 Å². The largest absolute Gasteiger partial charge is 0.340 e. The third-order valence-electron chi connectivity index (χ3n) is 4.17. The molecule has 2 amide bonds. The van der Waals surface area contributed by atoms with Gasteiger partial charge in [0.2, 0.25) is 5.91 Å². The molecule has 1 aliphatic rings. The van der Waals surface area contributed by atoms with Gasteiger partial charge in [0.1, 0.15) is 0 Å². The van der Waals surface area contributed by atoms with Gasteiger partial charge in [-0.15, -0.1) is 0 Å². The average molecular weight is 338 g/mol. The Balaban J connectivity index is 2.01. The van der Waals surface area contributed by atoms with Gasteiger partial charge in [-0.1, -0.05) is 31.5 Å². The van der Waals surface area contributed by atoms with Crippen molar-refractivity contribution < 1.29 is 9.59 Å². The number of carbonyl (C=O) groups is 2. The zero-order valence-corrected chi connectivity index (χ0v) is 14.4. The zero-order valence-electron chi connectivity index (χ0n) is 13.7. The number of amides is 2. The molecule has 5 nitrogen and oxygen atoms in total. The number of nitrogens with two attached hydrogens (primary N) is 1. The second-order valence-corrected chi connectivity index (χ2v) is 6.69. The highest BCUT2D eigenvalue weighted by atomic mass is 35.5. The van der Waals surface area contributed by atoms with E-state index in [1.165, 1.54) is 0 Å². The molecule has 23 heavy (non-hydrogen) atoms. The van der Waals surface area contributed by atoms with Gasteiger partial charge >= 0.3 is 0 Å². The molecule has 0 bridgehead atoms. The van der Waals surface area contributed by atoms with Crippen LogP contribution >= 0.6 is 11.6 Å². The fraction of sp³-hybridized carbons (Fsp3) is 0.529. The molecule has 1 aliphatic heterocycles. The molecule has 0 saturated carbocycles. The molecule has 2 rings (SSSR count). The Bertz CT molecular complexity index is 577. The van der Waals surface area contributed by atoms with Crippen LogP contribution in [-0.4, -0.2) is 53.8 Å². The molecular weight excluding hydrogens is 314 g/mol. The summed E-state index contributed by atoms with van der Waals surface area (Å²) in [6.45, 7) is 6.18. The number of rotatable bonds is 3. The van der Waals surface area contributed by atoms with Crippen LogP contribution in [0.2, 0.25) is 5.02 Å². The lowest BCUT2D eigenvalue weighted by molar-refractivity contribution is -0.133. The standard InChI is InChI=1S/C17H24ClN3O2/c1-12(2)15(19)17(23)21-8-4-7-20(9-10-21)16(22)13-5-3-6-14(18)11-13/h3,5-6,11-12,15H,4,7-10,19H2,1-2H3. The van der Waals surface area contributed by atoms with Crippen LogP contribution in [0.25, 0.3) is 0 Å². The molecule has 1 aromatic carbocycles. The Morgan fingerprint density at radius 1 is 1.13 bits per heavy atom. The maximum atomic E-state index is 12.6. The number of hydrogen-bond donors (Lipinski definition) is 1. The summed E-state index contributed by atoms with van der Waals surface area (Å²) >= 11 is 5.95. The summed E-state index contributed by atoms with van der Waals surface area (Å²) in [6, 6.07) is 6.47. The summed E-state index contributed by atoms with van der Waals surface area (Å²) in [4.78, 5) is 28.5. The van der Waals surface area contributed by atoms with Crippen molar-refractivity contribution in [1.82, 2.24) is 9.80 Å². The van der Waals surface area contributed by atoms with Crippen LogP contribution in [0, 0.1) is 5.92 Å². The second-order valence-electron chi connectivity index (χ2n) is 6.25. The Hall–Kier alpha value is -1.59. The Morgan fingerprint density at radius 2 is 1.78 bits per heavy atom. The van der Waals surface area contributed by atoms with E-state index in [0.717, 1.165) is 6.42 Å². The predicted molar refractivity (Wildman–Crippen MR) is 91.4 cm³/mol. The number of nitrogens with zero attached hydrogens (tertiary/aromatic N) is 2. The van der Waals surface area contributed by atoms with Crippen molar-refractivity contribution in [2.45, 2.75) is 26.3 Å². The highest BCUT2D eigenvalue weighted by Gasteiger charge is 2.27. The first-order chi connectivity index (χ1) is 10.9. The van der Waals surface area contributed by atoms with Crippen molar-refractivity contribution in [3.8, 4) is 0 Å². The highest BCUT2D eigenvalue weighted by molar-refractivity contribution is 6.30. The summed E-state index contributed by atoms with van der Waals surface area (Å²) < 4.78 is 0. The third-order valence-corrected chi connectivity index (χ3v) is 4.40. The Labute approximate surface area is 142 Å². The van der Waals surface area contributed by atoms with E-state index in [4.69, 9.17) is 17.3 Å². The monoisotopic (exact) mass is 337 g/mol. The van der Waals surface area contributed by atoms with Crippen molar-refractivity contribution in [2.75, 3.05) is 26.2 Å². The smallest absolute Gasteiger partial charge is 0.253 e. The van der Waals surface area contributed by atoms with Crippen LogP contribution in [0.4, 0.5) is 0 Å². The maximum Gasteiger partial charge on any atom is 0.253 e. The fourth-order valence-electron chi connectivity index (χ4n) is 2.64. The van der Waals surface area contributed by atoms with Gasteiger partial charge in [-0.2, -0.15) is 0 Å². The van der Waals surface area contributed by atoms with Gasteiger partial charge in [-0.3, -0.25) is 9.59 Å². The minimum Gasteiger partial charge on any atom is -0.340 e. The molecule has 0 aliphatic carbocycles. The SMILES string of the molecule is CC(C)C(N)C(=O)N1CCCN(C(=O)c2cccc(Cl)c2)CC1. The first-order valence-electron chi connectivity index (χ1n) is 7.99. The molecule has 0 spiro atoms. The first kappa shape index (κ1) is 17.8. The van der Waals surface area contributed by atoms with Crippen LogP contribution in [-0.2, 0) is 4.79 Å². The highest BCUT2D eigenvalue weighted by Crippen LogP contribution is 2.15. The van der Waals surface area contributed by atoms with Gasteiger partial charge in [0, 0.05) is 36.8 Å². The van der Waals surface area contributed by atoms with Gasteiger partial charge < -0.3 is 15.5 Å². The van der Waals surface area contributed by atoms with E-state index in [2.05, 4.69) is 0 Å². The average Bonchev–Trinajstić information content (AvgIpc) is 2.78. The lowest BCUT2D eigenvalue weighted by Gasteiger charge is -2.26. The molecule has 1 aromatic rings. The van der Waals surface area contributed by atoms with Crippen LogP contribution in [0.5, 0.6) is 0 Å². The van der Waals surface area contributed by atoms with E-state index >= 15 is 0 Å². The van der Waals surface area contributed by atoms with Crippen molar-refractivity contribution in [3.63, 3.8) is 0 Å². The van der Waals surface area contributed by atoms with Crippen LogP contribution in [0.1, 0.15) is 30.6 Å². The second kappa shape index (κ2) is 7.79. The predicted octanol–water partition coefficient (Wildman–Crippen LogP) is 2.00. The molecule has 1 heterocycles. The quantitative estimate of drug-likeness (QED) is 0.917. The topological polar surface area (TPSA) is 66.6 Å². The van der Waals surface area contributed by atoms with E-state index in [-0.39, 0.29) is 17.7 Å². The summed E-state index contributed by atoms with van der Waals surface area (Å²) in [6.07, 6.45) is 0.753. The summed E-state index contributed by atoms with van der Waals surface area (Å²) in [7, 11) is 0. The summed E-state index contributed by atoms with van der Waals surface area (Å²) in [5.41, 5.74) is 6.54. The maximum absolute atomic E-state index is 12.6. The fourth-order valence-corrected chi connectivity index (χ4v) is 2.83. The summed E-state index contributed by atoms with van der Waals surface area (Å²) in [5, 5.41) is 0.547. The number of benzene rings is 1. The first-order valence-corrected chi connectivity index (χ1v) is 8.37. The van der Waals surface area contributed by atoms with E-state index in [9.17, 15) is 9.59 Å². The van der Waals surface area contributed by atoms with Crippen molar-refractivity contribution in [3.05, 3.63) is 34.9 Å². The molecule has 1 fully saturated rings. The molecule has 2 N–H and O–H groups in total. The Morgan fingerprint density at radius 3 is 2.43 bits per heavy atom. The third kappa shape index (κ3) is 4.45. The van der Waals surface area contributed by atoms with E-state index in [1.807, 2.05) is 13.8 Å². The number of hydrogen-bond acceptors (Lipinski definition) is 3.